The Balaban J connectivity index is 1.28. The van der Waals surface area contributed by atoms with Crippen LogP contribution in [-0.4, -0.2) is 13.1 Å². The SMILES string of the molecule is C=C(C)C1CCC2CCC3C4CCC5CC(CC(=O)OC)CCC5C4CCC3C21. The first-order valence-corrected chi connectivity index (χ1v) is 12.8. The molecule has 2 nitrogen and oxygen atoms in total. The van der Waals surface area contributed by atoms with Crippen LogP contribution in [-0.2, 0) is 9.53 Å². The molecule has 5 fully saturated rings. The summed E-state index contributed by atoms with van der Waals surface area (Å²) in [5, 5.41) is 0. The Hall–Kier alpha value is -0.790. The zero-order valence-electron chi connectivity index (χ0n) is 18.8. The molecular weight excluding hydrogens is 356 g/mol. The van der Waals surface area contributed by atoms with Crippen LogP contribution in [0.2, 0.25) is 0 Å². The second-order valence-electron chi connectivity index (χ2n) is 11.6. The van der Waals surface area contributed by atoms with Gasteiger partial charge in [-0.3, -0.25) is 4.79 Å². The van der Waals surface area contributed by atoms with Gasteiger partial charge in [0.2, 0.25) is 0 Å². The topological polar surface area (TPSA) is 26.3 Å². The first-order valence-electron chi connectivity index (χ1n) is 12.8. The van der Waals surface area contributed by atoms with Crippen molar-refractivity contribution in [3.63, 3.8) is 0 Å². The lowest BCUT2D eigenvalue weighted by Gasteiger charge is -2.57. The van der Waals surface area contributed by atoms with E-state index in [9.17, 15) is 4.79 Å². The number of hydrogen-bond acceptors (Lipinski definition) is 2. The normalized spacial score (nSPS) is 48.6. The number of ether oxygens (including phenoxy) is 1. The first kappa shape index (κ1) is 20.1. The molecule has 0 aromatic rings. The second kappa shape index (κ2) is 8.04. The summed E-state index contributed by atoms with van der Waals surface area (Å²) < 4.78 is 4.95. The van der Waals surface area contributed by atoms with Crippen molar-refractivity contribution < 1.29 is 9.53 Å². The zero-order chi connectivity index (χ0) is 20.1. The first-order chi connectivity index (χ1) is 14.1. The summed E-state index contributed by atoms with van der Waals surface area (Å²) in [6, 6.07) is 0. The third-order valence-electron chi connectivity index (χ3n) is 10.6. The van der Waals surface area contributed by atoms with Gasteiger partial charge in [0.15, 0.2) is 0 Å². The Kier molecular flexibility index (Phi) is 5.58. The fourth-order valence-electron chi connectivity index (χ4n) is 9.58. The largest absolute Gasteiger partial charge is 0.469 e. The molecule has 29 heavy (non-hydrogen) atoms. The lowest BCUT2D eigenvalue weighted by Crippen LogP contribution is -2.49. The van der Waals surface area contributed by atoms with E-state index in [1.165, 1.54) is 83.3 Å². The van der Waals surface area contributed by atoms with Gasteiger partial charge in [0.05, 0.1) is 7.11 Å². The van der Waals surface area contributed by atoms with Crippen molar-refractivity contribution in [2.24, 2.45) is 59.2 Å². The van der Waals surface area contributed by atoms with Gasteiger partial charge in [0.1, 0.15) is 0 Å². The Morgan fingerprint density at radius 1 is 0.793 bits per heavy atom. The van der Waals surface area contributed by atoms with E-state index >= 15 is 0 Å². The summed E-state index contributed by atoms with van der Waals surface area (Å²) in [5.41, 5.74) is 1.48. The molecule has 10 atom stereocenters. The van der Waals surface area contributed by atoms with Gasteiger partial charge in [-0.25, -0.2) is 0 Å². The van der Waals surface area contributed by atoms with Crippen molar-refractivity contribution in [3.8, 4) is 0 Å². The molecule has 0 amide bonds. The summed E-state index contributed by atoms with van der Waals surface area (Å²) >= 11 is 0. The minimum absolute atomic E-state index is 0.00281. The number of hydrogen-bond donors (Lipinski definition) is 0. The molecule has 0 heterocycles. The van der Waals surface area contributed by atoms with E-state index in [1.807, 2.05) is 0 Å². The monoisotopic (exact) mass is 398 g/mol. The van der Waals surface area contributed by atoms with Crippen LogP contribution in [0, 0.1) is 59.2 Å². The highest BCUT2D eigenvalue weighted by atomic mass is 16.5. The molecule has 5 aliphatic rings. The molecule has 0 bridgehead atoms. The average Bonchev–Trinajstić information content (AvgIpc) is 3.17. The molecule has 0 aromatic heterocycles. The molecular formula is C27H42O2. The molecule has 2 heteroatoms. The van der Waals surface area contributed by atoms with Crippen LogP contribution >= 0.6 is 0 Å². The molecule has 0 aromatic carbocycles. The fraction of sp³-hybridized carbons (Fsp3) is 0.889. The van der Waals surface area contributed by atoms with E-state index in [1.54, 1.807) is 0 Å². The number of rotatable bonds is 3. The Morgan fingerprint density at radius 3 is 2.14 bits per heavy atom. The lowest BCUT2D eigenvalue weighted by molar-refractivity contribution is -0.142. The summed E-state index contributed by atoms with van der Waals surface area (Å²) in [5.74, 6) is 9.29. The molecule has 0 radical (unpaired) electrons. The predicted molar refractivity (Wildman–Crippen MR) is 117 cm³/mol. The molecule has 162 valence electrons. The third kappa shape index (κ3) is 3.51. The highest BCUT2D eigenvalue weighted by Crippen LogP contribution is 2.62. The number of allylic oxidation sites excluding steroid dienone is 1. The van der Waals surface area contributed by atoms with Crippen molar-refractivity contribution in [1.82, 2.24) is 0 Å². The number of fused-ring (bicyclic) bond motifs is 7. The van der Waals surface area contributed by atoms with Gasteiger partial charge >= 0.3 is 5.97 Å². The molecule has 10 unspecified atom stereocenters. The van der Waals surface area contributed by atoms with Crippen LogP contribution in [0.15, 0.2) is 12.2 Å². The zero-order valence-corrected chi connectivity index (χ0v) is 18.8. The lowest BCUT2D eigenvalue weighted by atomic mass is 9.48. The smallest absolute Gasteiger partial charge is 0.305 e. The summed E-state index contributed by atoms with van der Waals surface area (Å²) in [6.07, 6.45) is 16.4. The van der Waals surface area contributed by atoms with E-state index < -0.39 is 0 Å². The molecule has 0 aliphatic heterocycles. The summed E-state index contributed by atoms with van der Waals surface area (Å²) in [7, 11) is 1.54. The van der Waals surface area contributed by atoms with Gasteiger partial charge in [0, 0.05) is 6.42 Å². The van der Waals surface area contributed by atoms with Crippen molar-refractivity contribution in [2.45, 2.75) is 84.0 Å². The van der Waals surface area contributed by atoms with Crippen LogP contribution < -0.4 is 0 Å². The standard InChI is InChI=1S/C27H42O2/c1-16(2)20-9-5-18-6-10-24-23-11-7-19-14-17(15-26(28)29-3)4-8-21(19)22(23)12-13-25(24)27(18)20/h17-25,27H,1,4-15H2,2-3H3. The number of esters is 1. The van der Waals surface area contributed by atoms with Crippen LogP contribution in [0.3, 0.4) is 0 Å². The highest BCUT2D eigenvalue weighted by molar-refractivity contribution is 5.69. The minimum Gasteiger partial charge on any atom is -0.469 e. The van der Waals surface area contributed by atoms with E-state index in [4.69, 9.17) is 4.74 Å². The maximum absolute atomic E-state index is 11.8. The maximum atomic E-state index is 11.8. The predicted octanol–water partition coefficient (Wildman–Crippen LogP) is 6.65. The summed E-state index contributed by atoms with van der Waals surface area (Å²) in [6.45, 7) is 6.71. The van der Waals surface area contributed by atoms with E-state index in [0.717, 1.165) is 53.3 Å². The highest BCUT2D eigenvalue weighted by Gasteiger charge is 2.54. The van der Waals surface area contributed by atoms with Gasteiger partial charge < -0.3 is 4.74 Å². The number of methoxy groups -OCH3 is 1. The van der Waals surface area contributed by atoms with E-state index in [0.29, 0.717) is 12.3 Å². The molecule has 5 aliphatic carbocycles. The van der Waals surface area contributed by atoms with Crippen molar-refractivity contribution in [1.29, 1.82) is 0 Å². The van der Waals surface area contributed by atoms with Crippen LogP contribution in [0.5, 0.6) is 0 Å². The van der Waals surface area contributed by atoms with Gasteiger partial charge in [0.25, 0.3) is 0 Å². The molecule has 5 rings (SSSR count). The Labute approximate surface area is 178 Å². The Morgan fingerprint density at radius 2 is 1.38 bits per heavy atom. The number of carbonyl (C=O) groups is 1. The molecule has 0 saturated heterocycles. The fourth-order valence-corrected chi connectivity index (χ4v) is 9.58. The van der Waals surface area contributed by atoms with Crippen LogP contribution in [0.25, 0.3) is 0 Å². The van der Waals surface area contributed by atoms with Gasteiger partial charge in [-0.2, -0.15) is 0 Å². The Bertz CT molecular complexity index is 638. The van der Waals surface area contributed by atoms with E-state index in [-0.39, 0.29) is 5.97 Å². The maximum Gasteiger partial charge on any atom is 0.305 e. The molecule has 0 N–H and O–H groups in total. The number of carbonyl (C=O) groups excluding carboxylic acids is 1. The van der Waals surface area contributed by atoms with Crippen molar-refractivity contribution >= 4 is 5.97 Å². The van der Waals surface area contributed by atoms with Gasteiger partial charge in [-0.05, 0) is 137 Å². The summed E-state index contributed by atoms with van der Waals surface area (Å²) in [4.78, 5) is 11.8. The third-order valence-corrected chi connectivity index (χ3v) is 10.6. The molecule has 5 saturated carbocycles. The van der Waals surface area contributed by atoms with E-state index in [2.05, 4.69) is 13.5 Å². The minimum atomic E-state index is 0.00281. The van der Waals surface area contributed by atoms with Crippen molar-refractivity contribution in [2.75, 3.05) is 7.11 Å². The van der Waals surface area contributed by atoms with Crippen molar-refractivity contribution in [3.05, 3.63) is 12.2 Å². The average molecular weight is 399 g/mol. The second-order valence-corrected chi connectivity index (χ2v) is 11.6. The quantitative estimate of drug-likeness (QED) is 0.393. The molecule has 0 spiro atoms. The van der Waals surface area contributed by atoms with Gasteiger partial charge in [-0.1, -0.05) is 12.2 Å². The van der Waals surface area contributed by atoms with Gasteiger partial charge in [-0.15, -0.1) is 0 Å². The van der Waals surface area contributed by atoms with Crippen LogP contribution in [0.4, 0.5) is 0 Å². The van der Waals surface area contributed by atoms with Crippen LogP contribution in [0.1, 0.15) is 84.0 Å².